The zero-order valence-corrected chi connectivity index (χ0v) is 10.1. The lowest BCUT2D eigenvalue weighted by atomic mass is 9.99. The normalized spacial score (nSPS) is 12.7. The predicted molar refractivity (Wildman–Crippen MR) is 66.4 cm³/mol. The summed E-state index contributed by atoms with van der Waals surface area (Å²) in [5, 5.41) is 5.21. The van der Waals surface area contributed by atoms with Crippen LogP contribution in [0.2, 0.25) is 0 Å². The number of rotatable bonds is 3. The molecule has 1 unspecified atom stereocenters. The Balaban J connectivity index is 2.45. The summed E-state index contributed by atoms with van der Waals surface area (Å²) in [6, 6.07) is 8.89. The molecule has 0 saturated heterocycles. The van der Waals surface area contributed by atoms with E-state index >= 15 is 0 Å². The highest BCUT2D eigenvalue weighted by atomic mass is 32.1. The van der Waals surface area contributed by atoms with Gasteiger partial charge in [-0.05, 0) is 37.0 Å². The fraction of sp³-hybridized carbons (Fsp3) is 0.231. The van der Waals surface area contributed by atoms with Gasteiger partial charge in [-0.1, -0.05) is 18.2 Å². The number of hydrogen-bond donors (Lipinski definition) is 1. The Hall–Kier alpha value is -1.19. The lowest BCUT2D eigenvalue weighted by Crippen LogP contribution is -2.19. The highest BCUT2D eigenvalue weighted by Gasteiger charge is 2.17. The van der Waals surface area contributed by atoms with E-state index in [9.17, 15) is 4.39 Å². The van der Waals surface area contributed by atoms with Gasteiger partial charge in [0, 0.05) is 10.4 Å². The minimum absolute atomic E-state index is 0.0625. The van der Waals surface area contributed by atoms with Crippen LogP contribution in [0.25, 0.3) is 0 Å². The van der Waals surface area contributed by atoms with Gasteiger partial charge in [-0.25, -0.2) is 4.39 Å². The molecule has 1 aromatic carbocycles. The molecule has 0 spiro atoms. The van der Waals surface area contributed by atoms with Crippen LogP contribution >= 0.6 is 11.3 Å². The Morgan fingerprint density at radius 1 is 1.19 bits per heavy atom. The molecule has 1 atom stereocenters. The third-order valence-corrected chi connectivity index (χ3v) is 3.58. The summed E-state index contributed by atoms with van der Waals surface area (Å²) >= 11 is 1.69. The van der Waals surface area contributed by atoms with Crippen LogP contribution < -0.4 is 5.32 Å². The number of aryl methyl sites for hydroxylation is 1. The van der Waals surface area contributed by atoms with Gasteiger partial charge in [0.2, 0.25) is 0 Å². The van der Waals surface area contributed by atoms with Gasteiger partial charge in [0.05, 0.1) is 6.04 Å². The molecule has 0 fully saturated rings. The Bertz CT molecular complexity index is 478. The van der Waals surface area contributed by atoms with E-state index in [0.29, 0.717) is 5.56 Å². The van der Waals surface area contributed by atoms with E-state index in [1.54, 1.807) is 17.4 Å². The van der Waals surface area contributed by atoms with E-state index in [1.807, 2.05) is 30.6 Å². The first kappa shape index (κ1) is 11.3. The van der Waals surface area contributed by atoms with Crippen molar-refractivity contribution >= 4 is 11.3 Å². The molecule has 2 aromatic rings. The molecule has 0 aliphatic carbocycles. The summed E-state index contributed by atoms with van der Waals surface area (Å²) in [4.78, 5) is 1.22. The SMILES string of the molecule is CNC(c1ccccc1F)c1ccsc1C. The van der Waals surface area contributed by atoms with Crippen LogP contribution in [0.5, 0.6) is 0 Å². The summed E-state index contributed by atoms with van der Waals surface area (Å²) in [6.07, 6.45) is 0. The first-order chi connectivity index (χ1) is 7.74. The number of thiophene rings is 1. The van der Waals surface area contributed by atoms with Crippen molar-refractivity contribution in [1.82, 2.24) is 5.32 Å². The zero-order valence-electron chi connectivity index (χ0n) is 9.33. The van der Waals surface area contributed by atoms with Crippen LogP contribution in [0.1, 0.15) is 22.0 Å². The average molecular weight is 235 g/mol. The van der Waals surface area contributed by atoms with E-state index in [4.69, 9.17) is 0 Å². The maximum atomic E-state index is 13.7. The lowest BCUT2D eigenvalue weighted by molar-refractivity contribution is 0.576. The van der Waals surface area contributed by atoms with Gasteiger partial charge in [-0.3, -0.25) is 0 Å². The molecule has 16 heavy (non-hydrogen) atoms. The molecule has 1 heterocycles. The molecule has 3 heteroatoms. The maximum Gasteiger partial charge on any atom is 0.128 e. The second-order valence-corrected chi connectivity index (χ2v) is 4.80. The molecular formula is C13H14FNS. The van der Waals surface area contributed by atoms with Crippen molar-refractivity contribution in [2.45, 2.75) is 13.0 Å². The van der Waals surface area contributed by atoms with Crippen LogP contribution in [-0.2, 0) is 0 Å². The first-order valence-electron chi connectivity index (χ1n) is 5.19. The van der Waals surface area contributed by atoms with Gasteiger partial charge in [0.1, 0.15) is 5.82 Å². The standard InChI is InChI=1S/C13H14FNS/c1-9-10(7-8-16-9)13(15-2)11-5-3-4-6-12(11)14/h3-8,13,15H,1-2H3. The van der Waals surface area contributed by atoms with Crippen molar-refractivity contribution < 1.29 is 4.39 Å². The van der Waals surface area contributed by atoms with Gasteiger partial charge in [0.25, 0.3) is 0 Å². The summed E-state index contributed by atoms with van der Waals surface area (Å²) in [7, 11) is 1.86. The van der Waals surface area contributed by atoms with Crippen LogP contribution in [0, 0.1) is 12.7 Å². The van der Waals surface area contributed by atoms with Crippen LogP contribution in [-0.4, -0.2) is 7.05 Å². The minimum Gasteiger partial charge on any atom is -0.309 e. The third-order valence-electron chi connectivity index (χ3n) is 2.71. The quantitative estimate of drug-likeness (QED) is 0.858. The monoisotopic (exact) mass is 235 g/mol. The topological polar surface area (TPSA) is 12.0 Å². The van der Waals surface area contributed by atoms with E-state index in [2.05, 4.69) is 12.2 Å². The van der Waals surface area contributed by atoms with E-state index in [1.165, 1.54) is 10.9 Å². The van der Waals surface area contributed by atoms with Crippen LogP contribution in [0.4, 0.5) is 4.39 Å². The van der Waals surface area contributed by atoms with Crippen LogP contribution in [0.3, 0.4) is 0 Å². The summed E-state index contributed by atoms with van der Waals surface area (Å²) < 4.78 is 13.7. The number of benzene rings is 1. The molecule has 84 valence electrons. The molecule has 0 bridgehead atoms. The van der Waals surface area contributed by atoms with Gasteiger partial charge in [0.15, 0.2) is 0 Å². The predicted octanol–water partition coefficient (Wildman–Crippen LogP) is 3.50. The molecule has 1 aromatic heterocycles. The Morgan fingerprint density at radius 2 is 1.94 bits per heavy atom. The van der Waals surface area contributed by atoms with Crippen LogP contribution in [0.15, 0.2) is 35.7 Å². The van der Waals surface area contributed by atoms with Gasteiger partial charge >= 0.3 is 0 Å². The minimum atomic E-state index is -0.160. The van der Waals surface area contributed by atoms with E-state index in [-0.39, 0.29) is 11.9 Å². The molecule has 0 aliphatic heterocycles. The number of nitrogens with one attached hydrogen (secondary N) is 1. The molecule has 2 rings (SSSR count). The van der Waals surface area contributed by atoms with E-state index in [0.717, 1.165) is 5.56 Å². The number of hydrogen-bond acceptors (Lipinski definition) is 2. The Labute approximate surface area is 98.9 Å². The van der Waals surface area contributed by atoms with Crippen molar-refractivity contribution in [3.8, 4) is 0 Å². The fourth-order valence-corrected chi connectivity index (χ4v) is 2.62. The Morgan fingerprint density at radius 3 is 2.50 bits per heavy atom. The second-order valence-electron chi connectivity index (χ2n) is 3.68. The zero-order chi connectivity index (χ0) is 11.5. The highest BCUT2D eigenvalue weighted by Crippen LogP contribution is 2.29. The summed E-state index contributed by atoms with van der Waals surface area (Å²) in [5.74, 6) is -0.160. The molecule has 0 amide bonds. The average Bonchev–Trinajstić information content (AvgIpc) is 2.69. The maximum absolute atomic E-state index is 13.7. The molecule has 0 radical (unpaired) electrons. The third kappa shape index (κ3) is 2.01. The fourth-order valence-electron chi connectivity index (χ4n) is 1.88. The van der Waals surface area contributed by atoms with Crippen molar-refractivity contribution in [2.75, 3.05) is 7.05 Å². The highest BCUT2D eigenvalue weighted by molar-refractivity contribution is 7.10. The van der Waals surface area contributed by atoms with Gasteiger partial charge < -0.3 is 5.32 Å². The van der Waals surface area contributed by atoms with Crippen molar-refractivity contribution in [2.24, 2.45) is 0 Å². The molecule has 0 aliphatic rings. The molecule has 0 saturated carbocycles. The van der Waals surface area contributed by atoms with Crippen molar-refractivity contribution in [1.29, 1.82) is 0 Å². The van der Waals surface area contributed by atoms with Gasteiger partial charge in [-0.15, -0.1) is 11.3 Å². The molecule has 1 N–H and O–H groups in total. The molecular weight excluding hydrogens is 221 g/mol. The van der Waals surface area contributed by atoms with Gasteiger partial charge in [-0.2, -0.15) is 0 Å². The first-order valence-corrected chi connectivity index (χ1v) is 6.07. The van der Waals surface area contributed by atoms with Crippen molar-refractivity contribution in [3.63, 3.8) is 0 Å². The lowest BCUT2D eigenvalue weighted by Gasteiger charge is -2.17. The summed E-state index contributed by atoms with van der Waals surface area (Å²) in [6.45, 7) is 2.06. The van der Waals surface area contributed by atoms with E-state index < -0.39 is 0 Å². The smallest absolute Gasteiger partial charge is 0.128 e. The summed E-state index contributed by atoms with van der Waals surface area (Å²) in [5.41, 5.74) is 1.85. The van der Waals surface area contributed by atoms with Crippen molar-refractivity contribution in [3.05, 3.63) is 57.5 Å². The number of halogens is 1. The second kappa shape index (κ2) is 4.76. The Kier molecular flexibility index (Phi) is 3.36. The largest absolute Gasteiger partial charge is 0.309 e. The molecule has 1 nitrogen and oxygen atoms in total.